The van der Waals surface area contributed by atoms with Crippen LogP contribution in [0, 0.1) is 0 Å². The van der Waals surface area contributed by atoms with Crippen molar-refractivity contribution in [1.29, 1.82) is 0 Å². The molecule has 41 heavy (non-hydrogen) atoms. The highest BCUT2D eigenvalue weighted by atomic mass is 16.7. The molecule has 0 radical (unpaired) electrons. The van der Waals surface area contributed by atoms with Crippen molar-refractivity contribution in [3.8, 4) is 0 Å². The zero-order valence-corrected chi connectivity index (χ0v) is 22.2. The fourth-order valence-electron chi connectivity index (χ4n) is 5.19. The van der Waals surface area contributed by atoms with Crippen molar-refractivity contribution in [2.24, 2.45) is 0 Å². The van der Waals surface area contributed by atoms with Gasteiger partial charge in [0.1, 0.15) is 18.1 Å². The zero-order chi connectivity index (χ0) is 28.9. The number of Topliss-reactive ketones (excluding diaryl/α,β-unsaturated/α-hetero) is 1. The number of esters is 1. The molecule has 4 amide bonds. The van der Waals surface area contributed by atoms with Gasteiger partial charge in [0.05, 0.1) is 13.0 Å². The van der Waals surface area contributed by atoms with Gasteiger partial charge in [-0.3, -0.25) is 33.8 Å². The molecule has 3 fully saturated rings. The van der Waals surface area contributed by atoms with Crippen molar-refractivity contribution in [1.82, 2.24) is 20.7 Å². The highest BCUT2D eigenvalue weighted by Gasteiger charge is 2.46. The van der Waals surface area contributed by atoms with Gasteiger partial charge in [0.25, 0.3) is 11.8 Å². The number of carbonyl (C=O) groups is 6. The largest absolute Gasteiger partial charge is 0.433 e. The normalized spacial score (nSPS) is 24.2. The van der Waals surface area contributed by atoms with Gasteiger partial charge in [0, 0.05) is 18.5 Å². The van der Waals surface area contributed by atoms with Gasteiger partial charge in [-0.25, -0.2) is 5.01 Å². The minimum atomic E-state index is -1.18. The number of benzene rings is 2. The highest BCUT2D eigenvalue weighted by Crippen LogP contribution is 2.26. The standard InChI is InChI=1S/C29H30N4O8/c34-23-14-13-20(30-27(38)25(36)19-10-5-2-6-11-19)28(39)33-22(12-7-15-32(23)33)26(37)31-21-16-24(35)41-29(21)40-17-18-8-3-1-4-9-18/h1-6,8-11,20-22,29H,7,12-17H2,(H,30,38)(H,31,37). The lowest BCUT2D eigenvalue weighted by atomic mass is 10.0. The van der Waals surface area contributed by atoms with Gasteiger partial charge in [-0.2, -0.15) is 0 Å². The number of hydrogen-bond acceptors (Lipinski definition) is 8. The third kappa shape index (κ3) is 6.27. The molecule has 2 aromatic rings. The van der Waals surface area contributed by atoms with Crippen molar-refractivity contribution in [2.45, 2.75) is 63.1 Å². The Morgan fingerprint density at radius 1 is 0.927 bits per heavy atom. The van der Waals surface area contributed by atoms with E-state index in [2.05, 4.69) is 10.6 Å². The molecule has 4 unspecified atom stereocenters. The van der Waals surface area contributed by atoms with Gasteiger partial charge >= 0.3 is 5.97 Å². The van der Waals surface area contributed by atoms with Crippen LogP contribution in [0.1, 0.15) is 48.0 Å². The van der Waals surface area contributed by atoms with Crippen LogP contribution in [0.25, 0.3) is 0 Å². The summed E-state index contributed by atoms with van der Waals surface area (Å²) in [7, 11) is 0. The molecular formula is C29H30N4O8. The summed E-state index contributed by atoms with van der Waals surface area (Å²) in [6, 6.07) is 14.1. The van der Waals surface area contributed by atoms with E-state index < -0.39 is 53.9 Å². The second kappa shape index (κ2) is 12.3. The van der Waals surface area contributed by atoms with E-state index in [0.717, 1.165) is 10.6 Å². The Balaban J connectivity index is 1.28. The summed E-state index contributed by atoms with van der Waals surface area (Å²) < 4.78 is 11.0. The molecule has 2 aromatic carbocycles. The first kappa shape index (κ1) is 28.0. The number of hydrogen-bond donors (Lipinski definition) is 2. The van der Waals surface area contributed by atoms with Crippen LogP contribution in [0.3, 0.4) is 0 Å². The molecule has 12 nitrogen and oxygen atoms in total. The number of cyclic esters (lactones) is 1. The van der Waals surface area contributed by atoms with Crippen LogP contribution >= 0.6 is 0 Å². The van der Waals surface area contributed by atoms with E-state index in [9.17, 15) is 28.8 Å². The summed E-state index contributed by atoms with van der Waals surface area (Å²) in [5, 5.41) is 7.55. The third-order valence-electron chi connectivity index (χ3n) is 7.26. The lowest BCUT2D eigenvalue weighted by Gasteiger charge is -2.43. The van der Waals surface area contributed by atoms with Crippen molar-refractivity contribution in [3.05, 3.63) is 71.8 Å². The number of carbonyl (C=O) groups excluding carboxylic acids is 6. The topological polar surface area (TPSA) is 151 Å². The molecule has 0 saturated carbocycles. The lowest BCUT2D eigenvalue weighted by Crippen LogP contribution is -2.64. The second-order valence-electron chi connectivity index (χ2n) is 10.1. The summed E-state index contributed by atoms with van der Waals surface area (Å²) in [5.74, 6) is -3.95. The van der Waals surface area contributed by atoms with Crippen molar-refractivity contribution in [3.63, 3.8) is 0 Å². The second-order valence-corrected chi connectivity index (χ2v) is 10.1. The molecule has 0 aliphatic carbocycles. The molecule has 3 saturated heterocycles. The Labute approximate surface area is 235 Å². The SMILES string of the molecule is O=C1CC(NC(=O)C2CCCN3C(=O)CCC(NC(=O)C(=O)c4ccccc4)C(=O)N23)C(OCc2ccccc2)O1. The fourth-order valence-corrected chi connectivity index (χ4v) is 5.19. The first-order chi connectivity index (χ1) is 19.8. The Kier molecular flexibility index (Phi) is 8.39. The minimum Gasteiger partial charge on any atom is -0.433 e. The molecule has 0 aromatic heterocycles. The van der Waals surface area contributed by atoms with Crippen LogP contribution < -0.4 is 10.6 Å². The summed E-state index contributed by atoms with van der Waals surface area (Å²) in [6.07, 6.45) is -0.500. The molecule has 0 spiro atoms. The van der Waals surface area contributed by atoms with Crippen molar-refractivity contribution < 1.29 is 38.2 Å². The molecular weight excluding hydrogens is 532 g/mol. The first-order valence-electron chi connectivity index (χ1n) is 13.5. The monoisotopic (exact) mass is 562 g/mol. The van der Waals surface area contributed by atoms with Crippen LogP contribution in [0.2, 0.25) is 0 Å². The van der Waals surface area contributed by atoms with E-state index in [-0.39, 0.29) is 50.3 Å². The van der Waals surface area contributed by atoms with Gasteiger partial charge in [0.15, 0.2) is 0 Å². The lowest BCUT2D eigenvalue weighted by molar-refractivity contribution is -0.178. The first-order valence-corrected chi connectivity index (χ1v) is 13.5. The maximum Gasteiger partial charge on any atom is 0.310 e. The Bertz CT molecular complexity index is 1330. The number of rotatable bonds is 8. The smallest absolute Gasteiger partial charge is 0.310 e. The number of nitrogens with zero attached hydrogens (tertiary/aromatic N) is 2. The predicted octanol–water partition coefficient (Wildman–Crippen LogP) is 0.857. The van der Waals surface area contributed by atoms with Crippen molar-refractivity contribution in [2.75, 3.05) is 6.54 Å². The summed E-state index contributed by atoms with van der Waals surface area (Å²) >= 11 is 0. The van der Waals surface area contributed by atoms with Crippen LogP contribution in [0.5, 0.6) is 0 Å². The minimum absolute atomic E-state index is 0.0207. The van der Waals surface area contributed by atoms with Crippen molar-refractivity contribution >= 4 is 35.4 Å². The number of nitrogens with one attached hydrogen (secondary N) is 2. The summed E-state index contributed by atoms with van der Waals surface area (Å²) in [5.41, 5.74) is 1.02. The Hall–Kier alpha value is -4.58. The molecule has 214 valence electrons. The number of ketones is 1. The summed E-state index contributed by atoms with van der Waals surface area (Å²) in [6.45, 7) is 0.385. The average molecular weight is 563 g/mol. The molecule has 12 heteroatoms. The van der Waals surface area contributed by atoms with Gasteiger partial charge in [-0.05, 0) is 24.8 Å². The fraction of sp³-hybridized carbons (Fsp3) is 0.379. The summed E-state index contributed by atoms with van der Waals surface area (Å²) in [4.78, 5) is 77.5. The quantitative estimate of drug-likeness (QED) is 0.273. The maximum absolute atomic E-state index is 13.7. The molecule has 3 heterocycles. The van der Waals surface area contributed by atoms with Crippen LogP contribution in [-0.4, -0.2) is 76.4 Å². The van der Waals surface area contributed by atoms with E-state index >= 15 is 0 Å². The molecule has 4 atom stereocenters. The van der Waals surface area contributed by atoms with Crippen LogP contribution in [0.15, 0.2) is 60.7 Å². The van der Waals surface area contributed by atoms with E-state index in [4.69, 9.17) is 9.47 Å². The van der Waals surface area contributed by atoms with E-state index in [1.807, 2.05) is 30.3 Å². The van der Waals surface area contributed by atoms with Crippen LogP contribution in [-0.2, 0) is 40.1 Å². The van der Waals surface area contributed by atoms with Gasteiger partial charge in [0.2, 0.25) is 23.9 Å². The molecule has 0 bridgehead atoms. The number of amides is 4. The number of fused-ring (bicyclic) bond motifs is 1. The van der Waals surface area contributed by atoms with Gasteiger partial charge in [-0.1, -0.05) is 60.7 Å². The highest BCUT2D eigenvalue weighted by molar-refractivity contribution is 6.43. The number of hydrazine groups is 1. The molecule has 3 aliphatic rings. The van der Waals surface area contributed by atoms with E-state index in [1.54, 1.807) is 18.2 Å². The molecule has 5 rings (SSSR count). The molecule has 2 N–H and O–H groups in total. The number of ether oxygens (including phenoxy) is 2. The average Bonchev–Trinajstić information content (AvgIpc) is 3.30. The van der Waals surface area contributed by atoms with Gasteiger partial charge in [-0.15, -0.1) is 0 Å². The Morgan fingerprint density at radius 3 is 2.37 bits per heavy atom. The van der Waals surface area contributed by atoms with Gasteiger partial charge < -0.3 is 20.1 Å². The van der Waals surface area contributed by atoms with E-state index in [0.29, 0.717) is 6.42 Å². The molecule has 3 aliphatic heterocycles. The zero-order valence-electron chi connectivity index (χ0n) is 22.2. The predicted molar refractivity (Wildman–Crippen MR) is 141 cm³/mol. The van der Waals surface area contributed by atoms with Crippen LogP contribution in [0.4, 0.5) is 0 Å². The third-order valence-corrected chi connectivity index (χ3v) is 7.26. The maximum atomic E-state index is 13.7. The Morgan fingerprint density at radius 2 is 1.63 bits per heavy atom. The van der Waals surface area contributed by atoms with E-state index in [1.165, 1.54) is 17.1 Å².